The van der Waals surface area contributed by atoms with Crippen molar-refractivity contribution in [3.05, 3.63) is 77.8 Å². The van der Waals surface area contributed by atoms with E-state index in [2.05, 4.69) is 20.6 Å². The second-order valence-corrected chi connectivity index (χ2v) is 7.74. The molecule has 0 bridgehead atoms. The summed E-state index contributed by atoms with van der Waals surface area (Å²) in [6, 6.07) is 8.69. The van der Waals surface area contributed by atoms with E-state index < -0.39 is 11.6 Å². The molecule has 0 aliphatic heterocycles. The highest BCUT2D eigenvalue weighted by Gasteiger charge is 2.16. The standard InChI is InChI=1S/C25H26F2N6O2/c1-2-16-13-18(4-5-19(16)25(34)30-9-12-35-11-7-28)32-23-24-31-15-22(33(24)10-8-29-23)20-14-17(26)3-6-21(20)27/h3-6,8,10,13-15H,2,7,9,11-12,28H2,1H3,(H,29,32)(H,30,34). The summed E-state index contributed by atoms with van der Waals surface area (Å²) in [5.41, 5.74) is 8.48. The van der Waals surface area contributed by atoms with Gasteiger partial charge in [0.05, 0.1) is 25.1 Å². The van der Waals surface area contributed by atoms with Gasteiger partial charge in [0, 0.05) is 42.3 Å². The Balaban J connectivity index is 1.56. The molecule has 2 aromatic carbocycles. The molecule has 2 heterocycles. The minimum atomic E-state index is -0.549. The molecule has 0 saturated heterocycles. The Kier molecular flexibility index (Phi) is 7.64. The highest BCUT2D eigenvalue weighted by molar-refractivity contribution is 5.96. The lowest BCUT2D eigenvalue weighted by atomic mass is 10.0. The van der Waals surface area contributed by atoms with Gasteiger partial charge in [-0.05, 0) is 48.4 Å². The van der Waals surface area contributed by atoms with Crippen LogP contribution >= 0.6 is 0 Å². The first-order valence-corrected chi connectivity index (χ1v) is 11.2. The Morgan fingerprint density at radius 3 is 2.80 bits per heavy atom. The molecule has 8 nitrogen and oxygen atoms in total. The Morgan fingerprint density at radius 2 is 2.00 bits per heavy atom. The summed E-state index contributed by atoms with van der Waals surface area (Å²) in [6.07, 6.45) is 5.30. The SMILES string of the molecule is CCc1cc(Nc2nccn3c(-c4cc(F)ccc4F)cnc23)ccc1C(=O)NCCOCCN. The molecule has 0 radical (unpaired) electrons. The molecule has 35 heavy (non-hydrogen) atoms. The molecule has 0 aliphatic rings. The molecule has 4 rings (SSSR count). The van der Waals surface area contributed by atoms with Crippen LogP contribution in [0.25, 0.3) is 16.9 Å². The van der Waals surface area contributed by atoms with Gasteiger partial charge in [-0.3, -0.25) is 9.20 Å². The quantitative estimate of drug-likeness (QED) is 0.299. The summed E-state index contributed by atoms with van der Waals surface area (Å²) < 4.78 is 35.0. The van der Waals surface area contributed by atoms with Crippen molar-refractivity contribution in [1.29, 1.82) is 0 Å². The van der Waals surface area contributed by atoms with Crippen LogP contribution in [0.1, 0.15) is 22.8 Å². The first-order chi connectivity index (χ1) is 17.0. The number of rotatable bonds is 10. The third-order valence-electron chi connectivity index (χ3n) is 5.42. The van der Waals surface area contributed by atoms with Crippen molar-refractivity contribution in [2.75, 3.05) is 31.6 Å². The Hall–Kier alpha value is -3.89. The number of carbonyl (C=O) groups excluding carboxylic acids is 1. The predicted molar refractivity (Wildman–Crippen MR) is 130 cm³/mol. The number of aryl methyl sites for hydroxylation is 1. The minimum Gasteiger partial charge on any atom is -0.378 e. The fourth-order valence-corrected chi connectivity index (χ4v) is 3.74. The zero-order chi connectivity index (χ0) is 24.8. The topological polar surface area (TPSA) is 107 Å². The van der Waals surface area contributed by atoms with E-state index in [1.54, 1.807) is 28.9 Å². The van der Waals surface area contributed by atoms with Crippen LogP contribution in [0.15, 0.2) is 55.0 Å². The van der Waals surface area contributed by atoms with Gasteiger partial charge < -0.3 is 21.1 Å². The largest absolute Gasteiger partial charge is 0.378 e. The molecule has 0 spiro atoms. The van der Waals surface area contributed by atoms with Gasteiger partial charge in [-0.2, -0.15) is 0 Å². The van der Waals surface area contributed by atoms with Crippen molar-refractivity contribution in [3.8, 4) is 11.3 Å². The molecular weight excluding hydrogens is 454 g/mol. The number of carbonyl (C=O) groups is 1. The van der Waals surface area contributed by atoms with E-state index in [4.69, 9.17) is 10.5 Å². The second-order valence-electron chi connectivity index (χ2n) is 7.74. The van der Waals surface area contributed by atoms with E-state index in [0.717, 1.165) is 23.8 Å². The number of nitrogens with two attached hydrogens (primary N) is 1. The molecule has 0 unspecified atom stereocenters. The van der Waals surface area contributed by atoms with Crippen LogP contribution in [-0.4, -0.2) is 46.6 Å². The van der Waals surface area contributed by atoms with E-state index in [9.17, 15) is 13.6 Å². The molecular formula is C25H26F2N6O2. The molecule has 4 aromatic rings. The van der Waals surface area contributed by atoms with E-state index >= 15 is 0 Å². The number of halogens is 2. The van der Waals surface area contributed by atoms with Crippen LogP contribution in [0.2, 0.25) is 0 Å². The monoisotopic (exact) mass is 480 g/mol. The van der Waals surface area contributed by atoms with Gasteiger partial charge in [-0.15, -0.1) is 0 Å². The fraction of sp³-hybridized carbons (Fsp3) is 0.240. The number of imidazole rings is 1. The molecule has 0 fully saturated rings. The first kappa shape index (κ1) is 24.2. The highest BCUT2D eigenvalue weighted by atomic mass is 19.1. The van der Waals surface area contributed by atoms with Crippen molar-refractivity contribution in [3.63, 3.8) is 0 Å². The van der Waals surface area contributed by atoms with Crippen LogP contribution in [0.4, 0.5) is 20.3 Å². The lowest BCUT2D eigenvalue weighted by molar-refractivity contribution is 0.0919. The van der Waals surface area contributed by atoms with E-state index in [-0.39, 0.29) is 11.5 Å². The lowest BCUT2D eigenvalue weighted by Crippen LogP contribution is -2.28. The fourth-order valence-electron chi connectivity index (χ4n) is 3.74. The van der Waals surface area contributed by atoms with Gasteiger partial charge in [-0.1, -0.05) is 6.92 Å². The maximum Gasteiger partial charge on any atom is 0.251 e. The molecule has 4 N–H and O–H groups in total. The summed E-state index contributed by atoms with van der Waals surface area (Å²) in [4.78, 5) is 21.3. The average Bonchev–Trinajstić information content (AvgIpc) is 3.30. The summed E-state index contributed by atoms with van der Waals surface area (Å²) in [7, 11) is 0. The maximum atomic E-state index is 14.3. The number of hydrogen-bond donors (Lipinski definition) is 3. The minimum absolute atomic E-state index is 0.103. The zero-order valence-corrected chi connectivity index (χ0v) is 19.2. The molecule has 2 aromatic heterocycles. The Bertz CT molecular complexity index is 1340. The molecule has 10 heteroatoms. The van der Waals surface area contributed by atoms with Crippen molar-refractivity contribution in [2.45, 2.75) is 13.3 Å². The number of benzene rings is 2. The molecule has 1 amide bonds. The number of nitrogens with zero attached hydrogens (tertiary/aromatic N) is 3. The van der Waals surface area contributed by atoms with Gasteiger partial charge in [0.1, 0.15) is 11.6 Å². The third-order valence-corrected chi connectivity index (χ3v) is 5.42. The van der Waals surface area contributed by atoms with E-state index in [1.807, 2.05) is 13.0 Å². The number of aromatic nitrogens is 3. The highest BCUT2D eigenvalue weighted by Crippen LogP contribution is 2.28. The van der Waals surface area contributed by atoms with Crippen LogP contribution in [0, 0.1) is 11.6 Å². The smallest absolute Gasteiger partial charge is 0.251 e. The number of fused-ring (bicyclic) bond motifs is 1. The Morgan fingerprint density at radius 1 is 1.14 bits per heavy atom. The molecule has 182 valence electrons. The third kappa shape index (κ3) is 5.44. The summed E-state index contributed by atoms with van der Waals surface area (Å²) in [5.74, 6) is -0.832. The molecule has 0 saturated carbocycles. The zero-order valence-electron chi connectivity index (χ0n) is 19.2. The van der Waals surface area contributed by atoms with Crippen molar-refractivity contribution in [2.24, 2.45) is 5.73 Å². The molecule has 0 atom stereocenters. The average molecular weight is 481 g/mol. The first-order valence-electron chi connectivity index (χ1n) is 11.2. The summed E-state index contributed by atoms with van der Waals surface area (Å²) in [6.45, 7) is 3.64. The van der Waals surface area contributed by atoms with Crippen molar-refractivity contribution >= 4 is 23.1 Å². The predicted octanol–water partition coefficient (Wildman–Crippen LogP) is 3.69. The number of anilines is 2. The lowest BCUT2D eigenvalue weighted by Gasteiger charge is -2.13. The van der Waals surface area contributed by atoms with Crippen LogP contribution in [0.3, 0.4) is 0 Å². The molecule has 0 aliphatic carbocycles. The normalized spacial score (nSPS) is 11.1. The van der Waals surface area contributed by atoms with Crippen LogP contribution < -0.4 is 16.4 Å². The van der Waals surface area contributed by atoms with Gasteiger partial charge >= 0.3 is 0 Å². The van der Waals surface area contributed by atoms with Gasteiger partial charge in [0.15, 0.2) is 11.5 Å². The summed E-state index contributed by atoms with van der Waals surface area (Å²) >= 11 is 0. The van der Waals surface area contributed by atoms with Gasteiger partial charge in [0.2, 0.25) is 0 Å². The van der Waals surface area contributed by atoms with Crippen molar-refractivity contribution in [1.82, 2.24) is 19.7 Å². The van der Waals surface area contributed by atoms with Crippen molar-refractivity contribution < 1.29 is 18.3 Å². The van der Waals surface area contributed by atoms with Gasteiger partial charge in [-0.25, -0.2) is 18.7 Å². The van der Waals surface area contributed by atoms with E-state index in [1.165, 1.54) is 6.20 Å². The Labute approximate surface area is 201 Å². The van der Waals surface area contributed by atoms with Crippen LogP contribution in [-0.2, 0) is 11.2 Å². The number of ether oxygens (including phenoxy) is 1. The maximum absolute atomic E-state index is 14.3. The summed E-state index contributed by atoms with van der Waals surface area (Å²) in [5, 5.41) is 6.06. The van der Waals surface area contributed by atoms with Crippen LogP contribution in [0.5, 0.6) is 0 Å². The van der Waals surface area contributed by atoms with Gasteiger partial charge in [0.25, 0.3) is 5.91 Å². The number of nitrogens with one attached hydrogen (secondary N) is 2. The second kappa shape index (κ2) is 11.0. The number of amides is 1. The number of hydrogen-bond acceptors (Lipinski definition) is 6. The van der Waals surface area contributed by atoms with E-state index in [0.29, 0.717) is 61.1 Å².